The van der Waals surface area contributed by atoms with Crippen LogP contribution in [0.25, 0.3) is 0 Å². The van der Waals surface area contributed by atoms with Crippen LogP contribution < -0.4 is 10.6 Å². The molecule has 0 aliphatic carbocycles. The van der Waals surface area contributed by atoms with E-state index in [0.717, 1.165) is 17.7 Å². The van der Waals surface area contributed by atoms with E-state index in [1.807, 2.05) is 12.1 Å². The first-order valence-electron chi connectivity index (χ1n) is 6.57. The third kappa shape index (κ3) is 2.63. The molecular weight excluding hydrogens is 244 g/mol. The van der Waals surface area contributed by atoms with Crippen molar-refractivity contribution in [3.63, 3.8) is 0 Å². The summed E-state index contributed by atoms with van der Waals surface area (Å²) in [6.45, 7) is 2.81. The molecule has 2 aliphatic rings. The first-order chi connectivity index (χ1) is 9.16. The molecule has 5 heteroatoms. The number of β-amino-alcohol motifs (C(OH)–C–C–N with tert-alkyl or cyclic N) is 1. The van der Waals surface area contributed by atoms with Crippen LogP contribution in [0, 0.1) is 0 Å². The Hall–Kier alpha value is -1.43. The Kier molecular flexibility index (Phi) is 3.26. The van der Waals surface area contributed by atoms with E-state index in [4.69, 9.17) is 4.74 Å². The lowest BCUT2D eigenvalue weighted by Gasteiger charge is -2.21. The van der Waals surface area contributed by atoms with Crippen molar-refractivity contribution in [2.45, 2.75) is 25.2 Å². The van der Waals surface area contributed by atoms with Crippen molar-refractivity contribution >= 4 is 5.91 Å². The number of rotatable bonds is 3. The van der Waals surface area contributed by atoms with Crippen molar-refractivity contribution in [2.24, 2.45) is 0 Å². The largest absolute Gasteiger partial charge is 0.387 e. The summed E-state index contributed by atoms with van der Waals surface area (Å²) >= 11 is 0. The van der Waals surface area contributed by atoms with Crippen molar-refractivity contribution in [3.05, 3.63) is 34.9 Å². The molecule has 1 saturated heterocycles. The number of carbonyl (C=O) groups excluding carboxylic acids is 1. The molecule has 2 aliphatic heterocycles. The molecule has 1 unspecified atom stereocenters. The maximum Gasteiger partial charge on any atom is 0.251 e. The maximum atomic E-state index is 12.1. The van der Waals surface area contributed by atoms with E-state index in [1.54, 1.807) is 6.07 Å². The maximum absolute atomic E-state index is 12.1. The molecule has 1 amide bonds. The van der Waals surface area contributed by atoms with E-state index in [1.165, 1.54) is 0 Å². The highest BCUT2D eigenvalue weighted by molar-refractivity contribution is 5.94. The van der Waals surface area contributed by atoms with Gasteiger partial charge in [0, 0.05) is 18.7 Å². The summed E-state index contributed by atoms with van der Waals surface area (Å²) in [5.41, 5.74) is 2.04. The number of amides is 1. The van der Waals surface area contributed by atoms with Crippen molar-refractivity contribution in [2.75, 3.05) is 19.6 Å². The summed E-state index contributed by atoms with van der Waals surface area (Å²) in [6.07, 6.45) is 0.672. The number of nitrogens with one attached hydrogen (secondary N) is 2. The van der Waals surface area contributed by atoms with Gasteiger partial charge in [-0.25, -0.2) is 0 Å². The van der Waals surface area contributed by atoms with E-state index in [0.29, 0.717) is 31.7 Å². The summed E-state index contributed by atoms with van der Waals surface area (Å²) in [6, 6.07) is 5.61. The minimum Gasteiger partial charge on any atom is -0.387 e. The lowest BCUT2D eigenvalue weighted by Crippen LogP contribution is -2.44. The predicted molar refractivity (Wildman–Crippen MR) is 69.7 cm³/mol. The van der Waals surface area contributed by atoms with Crippen LogP contribution >= 0.6 is 0 Å². The molecule has 0 saturated carbocycles. The summed E-state index contributed by atoms with van der Waals surface area (Å²) in [5, 5.41) is 16.0. The van der Waals surface area contributed by atoms with Gasteiger partial charge in [0.2, 0.25) is 0 Å². The number of carbonyl (C=O) groups is 1. The molecule has 19 heavy (non-hydrogen) atoms. The molecular formula is C14H18N2O3. The van der Waals surface area contributed by atoms with E-state index in [2.05, 4.69) is 10.6 Å². The van der Waals surface area contributed by atoms with Crippen molar-refractivity contribution < 1.29 is 14.6 Å². The van der Waals surface area contributed by atoms with Gasteiger partial charge in [-0.15, -0.1) is 0 Å². The topological polar surface area (TPSA) is 70.6 Å². The molecule has 1 fully saturated rings. The van der Waals surface area contributed by atoms with Crippen LogP contribution in [0.5, 0.6) is 0 Å². The van der Waals surface area contributed by atoms with Crippen LogP contribution in [-0.4, -0.2) is 36.2 Å². The molecule has 0 bridgehead atoms. The van der Waals surface area contributed by atoms with Gasteiger partial charge in [0.05, 0.1) is 18.8 Å². The number of fused-ring (bicyclic) bond motifs is 1. The minimum atomic E-state index is -0.810. The number of ether oxygens (including phenoxy) is 1. The third-order valence-corrected chi connectivity index (χ3v) is 3.78. The van der Waals surface area contributed by atoms with Gasteiger partial charge in [-0.1, -0.05) is 6.07 Å². The normalized spacial score (nSPS) is 25.3. The second-order valence-electron chi connectivity index (χ2n) is 5.31. The van der Waals surface area contributed by atoms with Crippen LogP contribution in [0.4, 0.5) is 0 Å². The molecule has 1 aromatic rings. The molecule has 1 atom stereocenters. The summed E-state index contributed by atoms with van der Waals surface area (Å²) < 4.78 is 5.33. The first-order valence-corrected chi connectivity index (χ1v) is 6.57. The van der Waals surface area contributed by atoms with Gasteiger partial charge < -0.3 is 20.5 Å². The van der Waals surface area contributed by atoms with E-state index >= 15 is 0 Å². The lowest BCUT2D eigenvalue weighted by atomic mass is 10.0. The quantitative estimate of drug-likeness (QED) is 0.726. The Labute approximate surface area is 112 Å². The smallest absolute Gasteiger partial charge is 0.251 e. The second kappa shape index (κ2) is 4.92. The molecule has 3 rings (SSSR count). The summed E-state index contributed by atoms with van der Waals surface area (Å²) in [4.78, 5) is 12.1. The zero-order chi connectivity index (χ0) is 13.3. The molecule has 1 aromatic carbocycles. The molecule has 2 heterocycles. The fourth-order valence-corrected chi connectivity index (χ4v) is 2.54. The molecule has 102 valence electrons. The predicted octanol–water partition coefficient (Wildman–Crippen LogP) is 0.171. The monoisotopic (exact) mass is 262 g/mol. The fourth-order valence-electron chi connectivity index (χ4n) is 2.54. The average Bonchev–Trinajstić information content (AvgIpc) is 3.04. The number of hydrogen-bond donors (Lipinski definition) is 3. The fraction of sp³-hybridized carbons (Fsp3) is 0.500. The van der Waals surface area contributed by atoms with Crippen LogP contribution in [-0.2, 0) is 18.0 Å². The number of hydrogen-bond acceptors (Lipinski definition) is 4. The minimum absolute atomic E-state index is 0.143. The van der Waals surface area contributed by atoms with Gasteiger partial charge >= 0.3 is 0 Å². The van der Waals surface area contributed by atoms with Gasteiger partial charge in [0.25, 0.3) is 5.91 Å². The Balaban J connectivity index is 1.64. The van der Waals surface area contributed by atoms with Gasteiger partial charge in [-0.3, -0.25) is 4.79 Å². The highest BCUT2D eigenvalue weighted by Crippen LogP contribution is 2.21. The zero-order valence-electron chi connectivity index (χ0n) is 10.7. The first kappa shape index (κ1) is 12.6. The Bertz CT molecular complexity index is 495. The molecule has 0 aromatic heterocycles. The highest BCUT2D eigenvalue weighted by atomic mass is 16.5. The van der Waals surface area contributed by atoms with Gasteiger partial charge in [-0.05, 0) is 36.2 Å². The van der Waals surface area contributed by atoms with Crippen molar-refractivity contribution in [1.29, 1.82) is 0 Å². The van der Waals surface area contributed by atoms with Crippen molar-refractivity contribution in [3.8, 4) is 0 Å². The van der Waals surface area contributed by atoms with Gasteiger partial charge in [-0.2, -0.15) is 0 Å². The third-order valence-electron chi connectivity index (χ3n) is 3.78. The summed E-state index contributed by atoms with van der Waals surface area (Å²) in [7, 11) is 0. The van der Waals surface area contributed by atoms with Crippen LogP contribution in [0.2, 0.25) is 0 Å². The van der Waals surface area contributed by atoms with E-state index in [9.17, 15) is 9.90 Å². The van der Waals surface area contributed by atoms with Crippen molar-refractivity contribution in [1.82, 2.24) is 10.6 Å². The SMILES string of the molecule is O=C(NCC1(O)CCNC1)c1ccc2c(c1)COC2. The standard InChI is InChI=1S/C14H18N2O3/c17-13(16-9-14(18)3-4-15-8-14)10-1-2-11-6-19-7-12(11)5-10/h1-2,5,15,18H,3-4,6-9H2,(H,16,17). The van der Waals surface area contributed by atoms with Crippen LogP contribution in [0.1, 0.15) is 27.9 Å². The summed E-state index contributed by atoms with van der Waals surface area (Å²) in [5.74, 6) is -0.143. The number of benzene rings is 1. The molecule has 5 nitrogen and oxygen atoms in total. The Morgan fingerprint density at radius 1 is 1.42 bits per heavy atom. The zero-order valence-corrected chi connectivity index (χ0v) is 10.7. The highest BCUT2D eigenvalue weighted by Gasteiger charge is 2.31. The lowest BCUT2D eigenvalue weighted by molar-refractivity contribution is 0.0562. The van der Waals surface area contributed by atoms with Gasteiger partial charge in [0.15, 0.2) is 0 Å². The molecule has 3 N–H and O–H groups in total. The second-order valence-corrected chi connectivity index (χ2v) is 5.31. The van der Waals surface area contributed by atoms with E-state index < -0.39 is 5.60 Å². The van der Waals surface area contributed by atoms with Crippen LogP contribution in [0.15, 0.2) is 18.2 Å². The Morgan fingerprint density at radius 3 is 3.05 bits per heavy atom. The van der Waals surface area contributed by atoms with E-state index in [-0.39, 0.29) is 12.5 Å². The Morgan fingerprint density at radius 2 is 2.26 bits per heavy atom. The van der Waals surface area contributed by atoms with Gasteiger partial charge in [0.1, 0.15) is 0 Å². The van der Waals surface area contributed by atoms with Crippen LogP contribution in [0.3, 0.4) is 0 Å². The molecule has 0 spiro atoms. The average molecular weight is 262 g/mol. The molecule has 0 radical (unpaired) electrons. The number of aliphatic hydroxyl groups is 1.